The Morgan fingerprint density at radius 2 is 2.00 bits per heavy atom. The van der Waals surface area contributed by atoms with Crippen molar-refractivity contribution < 1.29 is 4.74 Å². The second-order valence-electron chi connectivity index (χ2n) is 5.55. The summed E-state index contributed by atoms with van der Waals surface area (Å²) in [5.41, 5.74) is 3.59. The average Bonchev–Trinajstić information content (AvgIpc) is 3.16. The van der Waals surface area contributed by atoms with Crippen LogP contribution in [0.25, 0.3) is 10.4 Å². The van der Waals surface area contributed by atoms with Crippen molar-refractivity contribution >= 4 is 27.5 Å². The Balaban J connectivity index is 1.55. The summed E-state index contributed by atoms with van der Waals surface area (Å²) in [6.45, 7) is 0. The van der Waals surface area contributed by atoms with Gasteiger partial charge in [-0.15, -0.1) is 0 Å². The maximum atomic E-state index is 11.2. The molecule has 0 fully saturated rings. The van der Waals surface area contributed by atoms with E-state index < -0.39 is 0 Å². The highest BCUT2D eigenvalue weighted by atomic mass is 79.9. The van der Waals surface area contributed by atoms with Crippen molar-refractivity contribution in [3.05, 3.63) is 74.5 Å². The SMILES string of the molecule is O=c1cc(-c2ccc(O[C@H]3CCc4c(Br)cccc43)cc2)s[nH]1. The minimum Gasteiger partial charge on any atom is -0.486 e. The number of benzene rings is 2. The smallest absolute Gasteiger partial charge is 0.258 e. The van der Waals surface area contributed by atoms with E-state index in [9.17, 15) is 4.79 Å². The third kappa shape index (κ3) is 2.86. The van der Waals surface area contributed by atoms with Gasteiger partial charge in [0, 0.05) is 10.5 Å². The van der Waals surface area contributed by atoms with Crippen LogP contribution in [0.3, 0.4) is 0 Å². The average molecular weight is 388 g/mol. The van der Waals surface area contributed by atoms with Crippen LogP contribution in [0.1, 0.15) is 23.7 Å². The summed E-state index contributed by atoms with van der Waals surface area (Å²) in [5.74, 6) is 0.856. The number of ether oxygens (including phenoxy) is 1. The zero-order valence-corrected chi connectivity index (χ0v) is 14.6. The fourth-order valence-electron chi connectivity index (χ4n) is 2.98. The van der Waals surface area contributed by atoms with Crippen molar-refractivity contribution in [2.75, 3.05) is 0 Å². The van der Waals surface area contributed by atoms with Gasteiger partial charge in [-0.3, -0.25) is 9.17 Å². The summed E-state index contributed by atoms with van der Waals surface area (Å²) >= 11 is 4.96. The fraction of sp³-hybridized carbons (Fsp3) is 0.167. The molecule has 116 valence electrons. The first kappa shape index (κ1) is 14.7. The molecule has 1 aliphatic rings. The molecular weight excluding hydrogens is 374 g/mol. The zero-order valence-electron chi connectivity index (χ0n) is 12.2. The molecule has 1 N–H and O–H groups in total. The molecule has 0 radical (unpaired) electrons. The van der Waals surface area contributed by atoms with Crippen LogP contribution in [0.15, 0.2) is 57.8 Å². The lowest BCUT2D eigenvalue weighted by molar-refractivity contribution is 0.207. The van der Waals surface area contributed by atoms with Crippen LogP contribution < -0.4 is 10.3 Å². The fourth-order valence-corrected chi connectivity index (χ4v) is 4.25. The molecule has 0 aliphatic heterocycles. The topological polar surface area (TPSA) is 42.1 Å². The van der Waals surface area contributed by atoms with Gasteiger partial charge in [0.1, 0.15) is 11.9 Å². The van der Waals surface area contributed by atoms with Crippen LogP contribution in [-0.4, -0.2) is 4.37 Å². The molecule has 1 aromatic heterocycles. The second-order valence-corrected chi connectivity index (χ2v) is 7.26. The molecular formula is C18H14BrNO2S. The van der Waals surface area contributed by atoms with Crippen LogP contribution in [0.4, 0.5) is 0 Å². The van der Waals surface area contributed by atoms with Gasteiger partial charge in [0.2, 0.25) is 0 Å². The Labute approximate surface area is 146 Å². The molecule has 0 saturated heterocycles. The standard InChI is InChI=1S/C18H14BrNO2S/c19-15-3-1-2-14-13(15)8-9-16(14)22-12-6-4-11(5-7-12)17-10-18(21)20-23-17/h1-7,10,16H,8-9H2,(H,20,21)/t16-/m0/s1. The van der Waals surface area contributed by atoms with Crippen LogP contribution in [0.5, 0.6) is 5.75 Å². The molecule has 4 rings (SSSR count). The molecule has 2 aromatic carbocycles. The van der Waals surface area contributed by atoms with Gasteiger partial charge in [0.15, 0.2) is 0 Å². The number of aromatic nitrogens is 1. The van der Waals surface area contributed by atoms with Gasteiger partial charge in [-0.25, -0.2) is 0 Å². The van der Waals surface area contributed by atoms with Crippen LogP contribution >= 0.6 is 27.5 Å². The first-order valence-electron chi connectivity index (χ1n) is 7.43. The first-order valence-corrected chi connectivity index (χ1v) is 9.04. The molecule has 0 saturated carbocycles. The lowest BCUT2D eigenvalue weighted by Gasteiger charge is -2.15. The van der Waals surface area contributed by atoms with E-state index >= 15 is 0 Å². The number of rotatable bonds is 3. The molecule has 1 atom stereocenters. The molecule has 3 nitrogen and oxygen atoms in total. The van der Waals surface area contributed by atoms with Gasteiger partial charge in [0.05, 0.1) is 4.88 Å². The minimum absolute atomic E-state index is 0.0570. The molecule has 0 amide bonds. The number of nitrogens with one attached hydrogen (secondary N) is 1. The van der Waals surface area contributed by atoms with Gasteiger partial charge in [-0.05, 0) is 59.9 Å². The summed E-state index contributed by atoms with van der Waals surface area (Å²) in [6, 6.07) is 15.8. The lowest BCUT2D eigenvalue weighted by Crippen LogP contribution is -2.03. The van der Waals surface area contributed by atoms with Gasteiger partial charge in [-0.1, -0.05) is 39.6 Å². The number of halogens is 1. The van der Waals surface area contributed by atoms with Crippen molar-refractivity contribution in [1.29, 1.82) is 0 Å². The molecule has 1 aliphatic carbocycles. The highest BCUT2D eigenvalue weighted by molar-refractivity contribution is 9.10. The molecule has 3 aromatic rings. The number of aromatic amines is 1. The third-order valence-electron chi connectivity index (χ3n) is 4.10. The highest BCUT2D eigenvalue weighted by Crippen LogP contribution is 2.38. The quantitative estimate of drug-likeness (QED) is 0.691. The molecule has 0 bridgehead atoms. The maximum Gasteiger partial charge on any atom is 0.258 e. The highest BCUT2D eigenvalue weighted by Gasteiger charge is 2.25. The number of fused-ring (bicyclic) bond motifs is 1. The maximum absolute atomic E-state index is 11.2. The van der Waals surface area contributed by atoms with Crippen molar-refractivity contribution in [2.24, 2.45) is 0 Å². The van der Waals surface area contributed by atoms with E-state index in [1.54, 1.807) is 6.07 Å². The Hall–Kier alpha value is -1.85. The lowest BCUT2D eigenvalue weighted by atomic mass is 10.1. The number of hydrogen-bond donors (Lipinski definition) is 1. The Morgan fingerprint density at radius 1 is 1.17 bits per heavy atom. The normalized spacial score (nSPS) is 16.3. The number of H-pyrrole nitrogens is 1. The van der Waals surface area contributed by atoms with Gasteiger partial charge >= 0.3 is 0 Å². The van der Waals surface area contributed by atoms with E-state index in [1.165, 1.54) is 27.1 Å². The van der Waals surface area contributed by atoms with E-state index in [4.69, 9.17) is 4.74 Å². The first-order chi connectivity index (χ1) is 11.2. The van der Waals surface area contributed by atoms with Crippen LogP contribution in [0.2, 0.25) is 0 Å². The molecule has 0 spiro atoms. The minimum atomic E-state index is -0.0570. The molecule has 23 heavy (non-hydrogen) atoms. The largest absolute Gasteiger partial charge is 0.486 e. The Bertz CT molecular complexity index is 898. The predicted molar refractivity (Wildman–Crippen MR) is 96.2 cm³/mol. The van der Waals surface area contributed by atoms with Crippen molar-refractivity contribution in [3.63, 3.8) is 0 Å². The van der Waals surface area contributed by atoms with Crippen molar-refractivity contribution in [1.82, 2.24) is 4.37 Å². The Kier molecular flexibility index (Phi) is 3.83. The second kappa shape index (κ2) is 5.98. The van der Waals surface area contributed by atoms with Crippen LogP contribution in [-0.2, 0) is 6.42 Å². The summed E-state index contributed by atoms with van der Waals surface area (Å²) in [6.07, 6.45) is 2.15. The van der Waals surface area contributed by atoms with Gasteiger partial charge in [-0.2, -0.15) is 0 Å². The molecule has 1 heterocycles. The van der Waals surface area contributed by atoms with E-state index in [0.29, 0.717) is 0 Å². The third-order valence-corrected chi connectivity index (χ3v) is 5.72. The van der Waals surface area contributed by atoms with Gasteiger partial charge < -0.3 is 4.74 Å². The zero-order chi connectivity index (χ0) is 15.8. The predicted octanol–water partition coefficient (Wildman–Crippen LogP) is 4.93. The Morgan fingerprint density at radius 3 is 2.74 bits per heavy atom. The summed E-state index contributed by atoms with van der Waals surface area (Å²) < 4.78 is 10.0. The number of hydrogen-bond acceptors (Lipinski definition) is 3. The van der Waals surface area contributed by atoms with E-state index in [1.807, 2.05) is 24.3 Å². The van der Waals surface area contributed by atoms with E-state index in [-0.39, 0.29) is 11.7 Å². The summed E-state index contributed by atoms with van der Waals surface area (Å²) in [5, 5.41) is 0. The monoisotopic (exact) mass is 387 g/mol. The summed E-state index contributed by atoms with van der Waals surface area (Å²) in [4.78, 5) is 12.2. The van der Waals surface area contributed by atoms with Crippen molar-refractivity contribution in [2.45, 2.75) is 18.9 Å². The van der Waals surface area contributed by atoms with Crippen LogP contribution in [0, 0.1) is 0 Å². The van der Waals surface area contributed by atoms with E-state index in [0.717, 1.165) is 29.0 Å². The van der Waals surface area contributed by atoms with Crippen molar-refractivity contribution in [3.8, 4) is 16.2 Å². The van der Waals surface area contributed by atoms with Gasteiger partial charge in [0.25, 0.3) is 5.56 Å². The molecule has 0 unspecified atom stereocenters. The molecule has 5 heteroatoms. The summed E-state index contributed by atoms with van der Waals surface area (Å²) in [7, 11) is 0. The van der Waals surface area contributed by atoms with E-state index in [2.05, 4.69) is 38.5 Å².